The van der Waals surface area contributed by atoms with Crippen molar-refractivity contribution < 1.29 is 9.18 Å². The van der Waals surface area contributed by atoms with Crippen LogP contribution in [0, 0.1) is 5.92 Å². The van der Waals surface area contributed by atoms with E-state index in [0.717, 1.165) is 35.3 Å². The number of aromatic nitrogens is 4. The third-order valence-electron chi connectivity index (χ3n) is 6.87. The second-order valence-electron chi connectivity index (χ2n) is 8.90. The summed E-state index contributed by atoms with van der Waals surface area (Å²) in [6.45, 7) is 1.39. The van der Waals surface area contributed by atoms with E-state index in [2.05, 4.69) is 15.0 Å². The zero-order valence-corrected chi connectivity index (χ0v) is 17.2. The van der Waals surface area contributed by atoms with Crippen molar-refractivity contribution in [2.24, 2.45) is 13.0 Å². The van der Waals surface area contributed by atoms with Gasteiger partial charge in [0.05, 0.1) is 5.92 Å². The molecule has 2 unspecified atom stereocenters. The lowest BCUT2D eigenvalue weighted by molar-refractivity contribution is -0.136. The molecule has 0 N–H and O–H groups in total. The van der Waals surface area contributed by atoms with Gasteiger partial charge in [-0.05, 0) is 37.0 Å². The summed E-state index contributed by atoms with van der Waals surface area (Å²) >= 11 is 0. The van der Waals surface area contributed by atoms with E-state index in [1.54, 1.807) is 28.5 Å². The fourth-order valence-corrected chi connectivity index (χ4v) is 5.13. The maximum Gasteiger partial charge on any atom is 0.250 e. The van der Waals surface area contributed by atoms with Gasteiger partial charge in [-0.3, -0.25) is 9.59 Å². The highest BCUT2D eigenvalue weighted by Gasteiger charge is 2.51. The normalized spacial score (nSPS) is 27.2. The summed E-state index contributed by atoms with van der Waals surface area (Å²) in [7, 11) is 1.73. The zero-order chi connectivity index (χ0) is 21.3. The van der Waals surface area contributed by atoms with E-state index in [-0.39, 0.29) is 23.6 Å². The van der Waals surface area contributed by atoms with E-state index in [1.807, 2.05) is 29.4 Å². The number of aryl methyl sites for hydroxylation is 1. The molecule has 0 aromatic carbocycles. The Morgan fingerprint density at radius 3 is 2.55 bits per heavy atom. The lowest BCUT2D eigenvalue weighted by Gasteiger charge is -2.41. The fraction of sp³-hybridized carbons (Fsp3) is 0.455. The summed E-state index contributed by atoms with van der Waals surface area (Å²) in [5.74, 6) is 0.410. The van der Waals surface area contributed by atoms with Crippen LogP contribution in [0.1, 0.15) is 19.3 Å². The summed E-state index contributed by atoms with van der Waals surface area (Å²) in [6.07, 6.45) is 6.61. The van der Waals surface area contributed by atoms with Gasteiger partial charge in [-0.15, -0.1) is 0 Å². The van der Waals surface area contributed by atoms with Gasteiger partial charge in [0.25, 0.3) is 0 Å². The number of amides is 1. The molecular formula is C22H23FN6O2. The Morgan fingerprint density at radius 1 is 1.13 bits per heavy atom. The van der Waals surface area contributed by atoms with Crippen LogP contribution < -0.4 is 10.5 Å². The molecule has 2 aliphatic heterocycles. The molecule has 3 fully saturated rings. The molecule has 4 atom stereocenters. The molecule has 1 amide bonds. The van der Waals surface area contributed by atoms with Crippen LogP contribution >= 0.6 is 0 Å². The number of pyridine rings is 1. The maximum atomic E-state index is 13.5. The molecule has 8 nitrogen and oxygen atoms in total. The van der Waals surface area contributed by atoms with Crippen LogP contribution in [-0.4, -0.2) is 61.3 Å². The lowest BCUT2D eigenvalue weighted by atomic mass is 10.1. The van der Waals surface area contributed by atoms with Gasteiger partial charge in [0.15, 0.2) is 5.82 Å². The average Bonchev–Trinajstić information content (AvgIpc) is 3.22. The number of carbonyl (C=O) groups is 1. The molecule has 160 valence electrons. The number of piperazine rings is 1. The number of rotatable bonds is 3. The number of alkyl halides is 1. The van der Waals surface area contributed by atoms with E-state index in [1.165, 1.54) is 0 Å². The third kappa shape index (κ3) is 2.94. The Balaban J connectivity index is 1.31. The molecule has 9 heteroatoms. The standard InChI is InChI=1S/C22H23FN6O2/c1-26-8-13(2-5-20(26)30)14-6-19-21(24-12-25-28(19)9-14)27-10-15-3-4-16(11-27)29(15)22(31)17-7-18(17)23/h2,5-6,8-9,12,15-18H,3-4,7,10-11H2,1H3/t15?,16?,17-,18-/m1/s1. The minimum atomic E-state index is -0.956. The quantitative estimate of drug-likeness (QED) is 0.641. The first kappa shape index (κ1) is 18.5. The highest BCUT2D eigenvalue weighted by molar-refractivity contribution is 5.84. The van der Waals surface area contributed by atoms with Crippen molar-refractivity contribution in [3.8, 4) is 11.1 Å². The largest absolute Gasteiger partial charge is 0.351 e. The van der Waals surface area contributed by atoms with Crippen LogP contribution in [0.25, 0.3) is 16.6 Å². The number of anilines is 1. The van der Waals surface area contributed by atoms with Gasteiger partial charge in [0.1, 0.15) is 18.0 Å². The summed E-state index contributed by atoms with van der Waals surface area (Å²) in [4.78, 5) is 33.2. The molecule has 1 saturated carbocycles. The van der Waals surface area contributed by atoms with Crippen molar-refractivity contribution >= 4 is 17.2 Å². The van der Waals surface area contributed by atoms with Gasteiger partial charge in [0.2, 0.25) is 11.5 Å². The van der Waals surface area contributed by atoms with E-state index < -0.39 is 12.1 Å². The second kappa shape index (κ2) is 6.63. The Bertz CT molecular complexity index is 1240. The lowest BCUT2D eigenvalue weighted by Crippen LogP contribution is -2.56. The molecule has 2 bridgehead atoms. The number of carbonyl (C=O) groups excluding carboxylic acids is 1. The topological polar surface area (TPSA) is 75.7 Å². The highest BCUT2D eigenvalue weighted by atomic mass is 19.1. The third-order valence-corrected chi connectivity index (χ3v) is 6.87. The number of hydrogen-bond acceptors (Lipinski definition) is 5. The minimum Gasteiger partial charge on any atom is -0.351 e. The average molecular weight is 422 g/mol. The molecule has 5 heterocycles. The molecule has 0 radical (unpaired) electrons. The SMILES string of the molecule is Cn1cc(-c2cc3c(N4CC5CCC(C4)N5C(=O)[C@@H]4C[C@H]4F)ncnn3c2)ccc1=O. The van der Waals surface area contributed by atoms with Crippen LogP contribution in [0.5, 0.6) is 0 Å². The van der Waals surface area contributed by atoms with E-state index in [4.69, 9.17) is 0 Å². The predicted molar refractivity (Wildman–Crippen MR) is 113 cm³/mol. The number of halogens is 1. The van der Waals surface area contributed by atoms with Crippen molar-refractivity contribution in [1.82, 2.24) is 24.1 Å². The van der Waals surface area contributed by atoms with Crippen LogP contribution in [-0.2, 0) is 11.8 Å². The molecule has 3 aliphatic rings. The second-order valence-corrected chi connectivity index (χ2v) is 8.90. The van der Waals surface area contributed by atoms with Gasteiger partial charge < -0.3 is 14.4 Å². The number of hydrogen-bond donors (Lipinski definition) is 0. The van der Waals surface area contributed by atoms with Crippen LogP contribution in [0.15, 0.2) is 41.7 Å². The highest BCUT2D eigenvalue weighted by Crippen LogP contribution is 2.41. The summed E-state index contributed by atoms with van der Waals surface area (Å²) in [6, 6.07) is 5.61. The molecule has 2 saturated heterocycles. The zero-order valence-electron chi connectivity index (χ0n) is 17.2. The molecule has 0 spiro atoms. The number of fused-ring (bicyclic) bond motifs is 3. The van der Waals surface area contributed by atoms with Gasteiger partial charge >= 0.3 is 0 Å². The van der Waals surface area contributed by atoms with Crippen molar-refractivity contribution in [2.75, 3.05) is 18.0 Å². The smallest absolute Gasteiger partial charge is 0.250 e. The Labute approximate surface area is 177 Å². The molecule has 3 aromatic rings. The molecule has 6 rings (SSSR count). The first-order valence-electron chi connectivity index (χ1n) is 10.7. The van der Waals surface area contributed by atoms with E-state index >= 15 is 0 Å². The van der Waals surface area contributed by atoms with Crippen LogP contribution in [0.4, 0.5) is 10.2 Å². The fourth-order valence-electron chi connectivity index (χ4n) is 5.13. The minimum absolute atomic E-state index is 0.00727. The van der Waals surface area contributed by atoms with Crippen LogP contribution in [0.3, 0.4) is 0 Å². The van der Waals surface area contributed by atoms with Gasteiger partial charge in [0, 0.05) is 56.2 Å². The predicted octanol–water partition coefficient (Wildman–Crippen LogP) is 1.63. The number of nitrogens with zero attached hydrogens (tertiary/aromatic N) is 6. The van der Waals surface area contributed by atoms with Crippen molar-refractivity contribution in [1.29, 1.82) is 0 Å². The Hall–Kier alpha value is -3.23. The van der Waals surface area contributed by atoms with Crippen molar-refractivity contribution in [3.05, 3.63) is 47.3 Å². The summed E-state index contributed by atoms with van der Waals surface area (Å²) in [5.41, 5.74) is 2.72. The maximum absolute atomic E-state index is 13.5. The van der Waals surface area contributed by atoms with E-state index in [0.29, 0.717) is 19.5 Å². The Morgan fingerprint density at radius 2 is 1.87 bits per heavy atom. The first-order valence-corrected chi connectivity index (χ1v) is 10.7. The molecule has 1 aliphatic carbocycles. The van der Waals surface area contributed by atoms with Gasteiger partial charge in [-0.2, -0.15) is 5.10 Å². The Kier molecular flexibility index (Phi) is 3.97. The monoisotopic (exact) mass is 422 g/mol. The van der Waals surface area contributed by atoms with Crippen molar-refractivity contribution in [3.63, 3.8) is 0 Å². The molecule has 3 aromatic heterocycles. The summed E-state index contributed by atoms with van der Waals surface area (Å²) < 4.78 is 16.8. The first-order chi connectivity index (χ1) is 15.0. The van der Waals surface area contributed by atoms with E-state index in [9.17, 15) is 14.0 Å². The van der Waals surface area contributed by atoms with Crippen molar-refractivity contribution in [2.45, 2.75) is 37.5 Å². The molecule has 31 heavy (non-hydrogen) atoms. The summed E-state index contributed by atoms with van der Waals surface area (Å²) in [5, 5.41) is 4.36. The van der Waals surface area contributed by atoms with Gasteiger partial charge in [-0.25, -0.2) is 13.9 Å². The van der Waals surface area contributed by atoms with Crippen LogP contribution in [0.2, 0.25) is 0 Å². The molecular weight excluding hydrogens is 399 g/mol. The van der Waals surface area contributed by atoms with Gasteiger partial charge in [-0.1, -0.05) is 0 Å².